The number of aliphatic hydroxyl groups is 1. The minimum atomic E-state index is 0.226. The Morgan fingerprint density at radius 3 is 2.00 bits per heavy atom. The molecule has 0 heterocycles. The molecule has 0 aliphatic carbocycles. The monoisotopic (exact) mass is 192 g/mol. The molecular formula is C9H24N2O2. The van der Waals surface area contributed by atoms with Gasteiger partial charge in [0, 0.05) is 19.6 Å². The minimum absolute atomic E-state index is 0.226. The molecule has 0 fully saturated rings. The molecule has 4 nitrogen and oxygen atoms in total. The second-order valence-electron chi connectivity index (χ2n) is 1.81. The Balaban J connectivity index is -0.000000169. The van der Waals surface area contributed by atoms with Crippen molar-refractivity contribution < 1.29 is 9.90 Å². The van der Waals surface area contributed by atoms with Crippen molar-refractivity contribution in [1.82, 2.24) is 10.6 Å². The lowest BCUT2D eigenvalue weighted by Gasteiger charge is -1.99. The van der Waals surface area contributed by atoms with Gasteiger partial charge in [0.2, 0.25) is 0 Å². The molecule has 0 aromatic carbocycles. The van der Waals surface area contributed by atoms with Gasteiger partial charge in [-0.3, -0.25) is 0 Å². The van der Waals surface area contributed by atoms with Gasteiger partial charge in [-0.25, -0.2) is 0 Å². The first kappa shape index (κ1) is 18.4. The van der Waals surface area contributed by atoms with Crippen molar-refractivity contribution in [2.45, 2.75) is 20.8 Å². The average Bonchev–Trinajstić information content (AvgIpc) is 2.17. The van der Waals surface area contributed by atoms with Crippen molar-refractivity contribution in [3.63, 3.8) is 0 Å². The van der Waals surface area contributed by atoms with Crippen molar-refractivity contribution in [2.24, 2.45) is 0 Å². The quantitative estimate of drug-likeness (QED) is 0.424. The van der Waals surface area contributed by atoms with Gasteiger partial charge in [-0.15, -0.1) is 0 Å². The molecule has 0 unspecified atom stereocenters. The van der Waals surface area contributed by atoms with Gasteiger partial charge in [0.05, 0.1) is 6.61 Å². The molecule has 4 heteroatoms. The van der Waals surface area contributed by atoms with Crippen LogP contribution in [0.2, 0.25) is 0 Å². The Labute approximate surface area is 81.7 Å². The van der Waals surface area contributed by atoms with Crippen molar-refractivity contribution in [1.29, 1.82) is 0 Å². The van der Waals surface area contributed by atoms with Crippen LogP contribution in [-0.4, -0.2) is 44.7 Å². The summed E-state index contributed by atoms with van der Waals surface area (Å²) in [5.74, 6) is 0. The molecule has 13 heavy (non-hydrogen) atoms. The molecule has 3 N–H and O–H groups in total. The molecule has 0 saturated heterocycles. The number of rotatable bonds is 5. The van der Waals surface area contributed by atoms with E-state index in [-0.39, 0.29) is 6.61 Å². The second kappa shape index (κ2) is 30.0. The number of aliphatic hydroxyl groups excluding tert-OH is 1. The van der Waals surface area contributed by atoms with Gasteiger partial charge in [-0.05, 0) is 14.0 Å². The first-order chi connectivity index (χ1) is 6.33. The van der Waals surface area contributed by atoms with E-state index in [1.54, 1.807) is 0 Å². The van der Waals surface area contributed by atoms with Crippen LogP contribution in [0.25, 0.3) is 0 Å². The van der Waals surface area contributed by atoms with Crippen molar-refractivity contribution in [2.75, 3.05) is 33.3 Å². The fourth-order valence-electron chi connectivity index (χ4n) is 0.417. The first-order valence-corrected chi connectivity index (χ1v) is 4.69. The lowest BCUT2D eigenvalue weighted by Crippen LogP contribution is -2.26. The molecule has 0 saturated carbocycles. The third kappa shape index (κ3) is 50.9. The fourth-order valence-corrected chi connectivity index (χ4v) is 0.417. The van der Waals surface area contributed by atoms with Gasteiger partial charge in [-0.1, -0.05) is 13.8 Å². The normalized spacial score (nSPS) is 7.46. The van der Waals surface area contributed by atoms with Crippen LogP contribution in [0.4, 0.5) is 0 Å². The van der Waals surface area contributed by atoms with Crippen LogP contribution in [0.3, 0.4) is 0 Å². The number of likely N-dealkylation sites (N-methyl/N-ethyl adjacent to an activating group) is 1. The van der Waals surface area contributed by atoms with Gasteiger partial charge < -0.3 is 20.5 Å². The van der Waals surface area contributed by atoms with Crippen LogP contribution < -0.4 is 10.6 Å². The Morgan fingerprint density at radius 1 is 1.23 bits per heavy atom. The maximum atomic E-state index is 8.81. The number of aldehydes is 1. The molecule has 0 aliphatic rings. The van der Waals surface area contributed by atoms with E-state index in [1.165, 1.54) is 6.92 Å². The lowest BCUT2D eigenvalue weighted by atomic mass is 10.6. The van der Waals surface area contributed by atoms with Gasteiger partial charge in [-0.2, -0.15) is 0 Å². The van der Waals surface area contributed by atoms with E-state index in [4.69, 9.17) is 9.90 Å². The summed E-state index contributed by atoms with van der Waals surface area (Å²) in [6.07, 6.45) is 0.750. The van der Waals surface area contributed by atoms with E-state index < -0.39 is 0 Å². The molecule has 82 valence electrons. The number of carbonyl (C=O) groups is 1. The minimum Gasteiger partial charge on any atom is -0.395 e. The van der Waals surface area contributed by atoms with Crippen LogP contribution in [0.1, 0.15) is 20.8 Å². The molecule has 0 atom stereocenters. The first-order valence-electron chi connectivity index (χ1n) is 4.69. The predicted octanol–water partition coefficient (Wildman–Crippen LogP) is 0.0191. The summed E-state index contributed by atoms with van der Waals surface area (Å²) in [4.78, 5) is 8.81. The van der Waals surface area contributed by atoms with Crippen LogP contribution in [0, 0.1) is 0 Å². The Hall–Kier alpha value is -0.450. The average molecular weight is 192 g/mol. The van der Waals surface area contributed by atoms with E-state index >= 15 is 0 Å². The zero-order valence-corrected chi connectivity index (χ0v) is 9.26. The van der Waals surface area contributed by atoms with Gasteiger partial charge >= 0.3 is 0 Å². The van der Waals surface area contributed by atoms with Crippen LogP contribution >= 0.6 is 0 Å². The highest BCUT2D eigenvalue weighted by molar-refractivity contribution is 5.44. The number of hydrogen-bond acceptors (Lipinski definition) is 4. The van der Waals surface area contributed by atoms with E-state index in [0.717, 1.165) is 19.4 Å². The highest BCUT2D eigenvalue weighted by atomic mass is 16.3. The Morgan fingerprint density at radius 2 is 1.69 bits per heavy atom. The SMILES string of the molecule is CC.CC=O.CNCCNCCO. The van der Waals surface area contributed by atoms with Crippen molar-refractivity contribution in [3.8, 4) is 0 Å². The highest BCUT2D eigenvalue weighted by Gasteiger charge is 1.80. The lowest BCUT2D eigenvalue weighted by molar-refractivity contribution is -0.106. The molecule has 0 aromatic rings. The summed E-state index contributed by atoms with van der Waals surface area (Å²) in [6.45, 7) is 8.25. The van der Waals surface area contributed by atoms with Gasteiger partial charge in [0.15, 0.2) is 0 Å². The molecule has 0 amide bonds. The number of nitrogens with one attached hydrogen (secondary N) is 2. The summed E-state index contributed by atoms with van der Waals surface area (Å²) >= 11 is 0. The Kier molecular flexibility index (Phi) is 42.3. The predicted molar refractivity (Wildman–Crippen MR) is 57.0 cm³/mol. The summed E-state index contributed by atoms with van der Waals surface area (Å²) in [6, 6.07) is 0. The second-order valence-corrected chi connectivity index (χ2v) is 1.81. The molecule has 0 rings (SSSR count). The van der Waals surface area contributed by atoms with Gasteiger partial charge in [0.25, 0.3) is 0 Å². The third-order valence-electron chi connectivity index (χ3n) is 0.840. The summed E-state index contributed by atoms with van der Waals surface area (Å²) < 4.78 is 0. The molecule has 0 spiro atoms. The molecular weight excluding hydrogens is 168 g/mol. The zero-order chi connectivity index (χ0) is 10.9. The topological polar surface area (TPSA) is 61.4 Å². The molecule has 0 aliphatic heterocycles. The van der Waals surface area contributed by atoms with Gasteiger partial charge in [0.1, 0.15) is 6.29 Å². The van der Waals surface area contributed by atoms with Crippen molar-refractivity contribution >= 4 is 6.29 Å². The summed E-state index contributed by atoms with van der Waals surface area (Å²) in [5, 5.41) is 14.3. The number of carbonyl (C=O) groups excluding carboxylic acids is 1. The molecule has 0 bridgehead atoms. The maximum absolute atomic E-state index is 8.81. The smallest absolute Gasteiger partial charge is 0.116 e. The van der Waals surface area contributed by atoms with E-state index in [9.17, 15) is 0 Å². The van der Waals surface area contributed by atoms with E-state index in [0.29, 0.717) is 6.54 Å². The third-order valence-corrected chi connectivity index (χ3v) is 0.840. The fraction of sp³-hybridized carbons (Fsp3) is 0.889. The van der Waals surface area contributed by atoms with E-state index in [1.807, 2.05) is 20.9 Å². The van der Waals surface area contributed by atoms with E-state index in [2.05, 4.69) is 10.6 Å². The van der Waals surface area contributed by atoms with Crippen LogP contribution in [0.5, 0.6) is 0 Å². The zero-order valence-electron chi connectivity index (χ0n) is 9.26. The largest absolute Gasteiger partial charge is 0.395 e. The maximum Gasteiger partial charge on any atom is 0.116 e. The summed E-state index contributed by atoms with van der Waals surface area (Å²) in [7, 11) is 1.90. The molecule has 0 radical (unpaired) electrons. The molecule has 0 aromatic heterocycles. The number of hydrogen-bond donors (Lipinski definition) is 3. The van der Waals surface area contributed by atoms with Crippen LogP contribution in [0.15, 0.2) is 0 Å². The standard InChI is InChI=1S/C5H14N2O.C2H4O.C2H6/c1-6-2-3-7-4-5-8;1-2-3;1-2/h6-8H,2-5H2,1H3;2H,1H3;1-2H3. The summed E-state index contributed by atoms with van der Waals surface area (Å²) in [5.41, 5.74) is 0. The highest BCUT2D eigenvalue weighted by Crippen LogP contribution is 1.54. The van der Waals surface area contributed by atoms with Crippen LogP contribution in [-0.2, 0) is 4.79 Å². The van der Waals surface area contributed by atoms with Crippen molar-refractivity contribution in [3.05, 3.63) is 0 Å². The Bertz CT molecular complexity index is 64.6.